The third-order valence-electron chi connectivity index (χ3n) is 9.64. The van der Waals surface area contributed by atoms with Gasteiger partial charge < -0.3 is 44.7 Å². The molecule has 13 nitrogen and oxygen atoms in total. The fourth-order valence-corrected chi connectivity index (χ4v) is 6.79. The first-order chi connectivity index (χ1) is 25.1. The van der Waals surface area contributed by atoms with Gasteiger partial charge in [-0.2, -0.15) is 0 Å². The molecule has 1 saturated heterocycles. The monoisotopic (exact) mass is 719 g/mol. The normalized spacial score (nSPS) is 17.7. The minimum Gasteiger partial charge on any atom is -0.480 e. The second kappa shape index (κ2) is 18.1. The van der Waals surface area contributed by atoms with Gasteiger partial charge in [-0.15, -0.1) is 0 Å². The Morgan fingerprint density at radius 1 is 1.00 bits per heavy atom. The number of nitrogens with one attached hydrogen (secondary N) is 3. The highest BCUT2D eigenvalue weighted by Crippen LogP contribution is 2.33. The zero-order valence-corrected chi connectivity index (χ0v) is 30.7. The first-order valence-electron chi connectivity index (χ1n) is 18.5. The van der Waals surface area contributed by atoms with Gasteiger partial charge in [0.15, 0.2) is 11.5 Å². The van der Waals surface area contributed by atoms with E-state index in [1.807, 2.05) is 56.3 Å². The zero-order valence-electron chi connectivity index (χ0n) is 30.7. The lowest BCUT2D eigenvalue weighted by atomic mass is 10.0. The number of carbonyl (C=O) groups excluding carboxylic acids is 3. The molecule has 2 aliphatic heterocycles. The highest BCUT2D eigenvalue weighted by atomic mass is 16.7. The Balaban J connectivity index is 1.36. The predicted molar refractivity (Wildman–Crippen MR) is 196 cm³/mol. The summed E-state index contributed by atoms with van der Waals surface area (Å²) >= 11 is 0. The fraction of sp³-hybridized carbons (Fsp3) is 0.538. The Hall–Kier alpha value is -4.78. The number of rotatable bonds is 18. The number of fused-ring (bicyclic) bond motifs is 2. The quantitative estimate of drug-likeness (QED) is 0.139. The molecule has 3 unspecified atom stereocenters. The van der Waals surface area contributed by atoms with Crippen LogP contribution in [0.1, 0.15) is 77.3 Å². The highest BCUT2D eigenvalue weighted by Gasteiger charge is 2.44. The molecule has 5 rings (SSSR count). The van der Waals surface area contributed by atoms with Crippen molar-refractivity contribution in [3.8, 4) is 11.5 Å². The summed E-state index contributed by atoms with van der Waals surface area (Å²) in [6, 6.07) is 9.63. The molecule has 13 heteroatoms. The van der Waals surface area contributed by atoms with E-state index in [-0.39, 0.29) is 44.7 Å². The third kappa shape index (κ3) is 9.75. The number of benzene rings is 2. The van der Waals surface area contributed by atoms with Crippen LogP contribution in [0, 0.1) is 5.92 Å². The SMILES string of the molecule is CCCCN(CCCC)C(=O)NC(CC(C)C)C(=O)N1C[C@H](OCc2ccc3c(c2)OCO3)CC1C(=O)NC(Cc1c[nH]c2ccccc12)C(=O)O. The number of H-pyrrole nitrogens is 1. The Labute approximate surface area is 305 Å². The molecule has 0 radical (unpaired) electrons. The number of carbonyl (C=O) groups is 4. The second-order valence-corrected chi connectivity index (χ2v) is 14.2. The Morgan fingerprint density at radius 3 is 2.44 bits per heavy atom. The standard InChI is InChI=1S/C39H53N5O8/c1-5-7-15-43(16-8-6-2)39(49)42-31(17-25(3)4)37(46)44-22-28(50-23-26-13-14-34-35(18-26)52-24-51-34)20-33(44)36(45)41-32(38(47)48)19-27-21-40-30-12-10-9-11-29(27)30/h9-14,18,21,25,28,31-33,40H,5-8,15-17,19-20,22-24H2,1-4H3,(H,41,45)(H,42,49)(H,47,48)/t28-,31?,32?,33?/m1/s1. The molecule has 4 N–H and O–H groups in total. The number of aromatic amines is 1. The lowest BCUT2D eigenvalue weighted by molar-refractivity contribution is -0.144. The summed E-state index contributed by atoms with van der Waals surface area (Å²) in [5.74, 6) is -0.831. The summed E-state index contributed by atoms with van der Waals surface area (Å²) in [4.78, 5) is 61.0. The second-order valence-electron chi connectivity index (χ2n) is 14.2. The summed E-state index contributed by atoms with van der Waals surface area (Å²) in [7, 11) is 0. The molecule has 282 valence electrons. The molecule has 4 atom stereocenters. The maximum absolute atomic E-state index is 14.5. The molecule has 0 spiro atoms. The molecule has 2 aliphatic rings. The Morgan fingerprint density at radius 2 is 1.73 bits per heavy atom. The number of aliphatic carboxylic acids is 1. The van der Waals surface area contributed by atoms with Gasteiger partial charge in [-0.05, 0) is 54.5 Å². The number of carboxylic acids is 1. The van der Waals surface area contributed by atoms with E-state index in [2.05, 4.69) is 29.5 Å². The smallest absolute Gasteiger partial charge is 0.326 e. The summed E-state index contributed by atoms with van der Waals surface area (Å²) in [6.45, 7) is 9.72. The van der Waals surface area contributed by atoms with Crippen LogP contribution in [0.25, 0.3) is 10.9 Å². The molecular weight excluding hydrogens is 666 g/mol. The maximum Gasteiger partial charge on any atom is 0.326 e. The van der Waals surface area contributed by atoms with Crippen molar-refractivity contribution in [3.63, 3.8) is 0 Å². The third-order valence-corrected chi connectivity index (χ3v) is 9.64. The average Bonchev–Trinajstić information content (AvgIpc) is 3.88. The van der Waals surface area contributed by atoms with Crippen molar-refractivity contribution in [2.45, 2.75) is 103 Å². The maximum atomic E-state index is 14.5. The summed E-state index contributed by atoms with van der Waals surface area (Å²) < 4.78 is 17.2. The van der Waals surface area contributed by atoms with E-state index in [0.717, 1.165) is 47.7 Å². The number of urea groups is 1. The molecule has 2 aromatic carbocycles. The molecule has 1 aromatic heterocycles. The van der Waals surface area contributed by atoms with Crippen LogP contribution in [0.2, 0.25) is 0 Å². The Kier molecular flexibility index (Phi) is 13.4. The first kappa shape index (κ1) is 38.5. The minimum absolute atomic E-state index is 0.0488. The van der Waals surface area contributed by atoms with E-state index < -0.39 is 42.0 Å². The summed E-state index contributed by atoms with van der Waals surface area (Å²) in [5, 5.41) is 16.8. The largest absolute Gasteiger partial charge is 0.480 e. The van der Waals surface area contributed by atoms with E-state index in [1.54, 1.807) is 11.1 Å². The molecule has 3 aromatic rings. The number of carboxylic acid groups (broad SMARTS) is 1. The molecule has 1 fully saturated rings. The number of para-hydroxylation sites is 1. The van der Waals surface area contributed by atoms with E-state index in [0.29, 0.717) is 31.0 Å². The van der Waals surface area contributed by atoms with Crippen molar-refractivity contribution in [3.05, 3.63) is 59.8 Å². The summed E-state index contributed by atoms with van der Waals surface area (Å²) in [6.07, 6.45) is 5.35. The average molecular weight is 720 g/mol. The number of nitrogens with zero attached hydrogens (tertiary/aromatic N) is 2. The van der Waals surface area contributed by atoms with Crippen LogP contribution in [-0.2, 0) is 32.1 Å². The minimum atomic E-state index is -1.24. The number of hydrogen-bond donors (Lipinski definition) is 4. The van der Waals surface area contributed by atoms with Gasteiger partial charge >= 0.3 is 12.0 Å². The van der Waals surface area contributed by atoms with E-state index >= 15 is 0 Å². The molecule has 0 bridgehead atoms. The van der Waals surface area contributed by atoms with Gasteiger partial charge in [-0.25, -0.2) is 9.59 Å². The van der Waals surface area contributed by atoms with Crippen LogP contribution in [0.4, 0.5) is 4.79 Å². The van der Waals surface area contributed by atoms with Crippen LogP contribution in [0.3, 0.4) is 0 Å². The lowest BCUT2D eigenvalue weighted by Crippen LogP contribution is -2.57. The van der Waals surface area contributed by atoms with E-state index in [4.69, 9.17) is 14.2 Å². The van der Waals surface area contributed by atoms with Crippen molar-refractivity contribution in [1.29, 1.82) is 0 Å². The number of ether oxygens (including phenoxy) is 3. The topological polar surface area (TPSA) is 163 Å². The van der Waals surface area contributed by atoms with Gasteiger partial charge in [-0.3, -0.25) is 9.59 Å². The number of unbranched alkanes of at least 4 members (excludes halogenated alkanes) is 2. The van der Waals surface area contributed by atoms with Gasteiger partial charge in [0.2, 0.25) is 18.6 Å². The van der Waals surface area contributed by atoms with E-state index in [9.17, 15) is 24.3 Å². The molecule has 52 heavy (non-hydrogen) atoms. The fourth-order valence-electron chi connectivity index (χ4n) is 6.79. The lowest BCUT2D eigenvalue weighted by Gasteiger charge is -2.31. The highest BCUT2D eigenvalue weighted by molar-refractivity contribution is 5.94. The number of likely N-dealkylation sites (tertiary alicyclic amines) is 1. The van der Waals surface area contributed by atoms with Gasteiger partial charge in [0, 0.05) is 49.6 Å². The van der Waals surface area contributed by atoms with Crippen LogP contribution < -0.4 is 20.1 Å². The molecular formula is C39H53N5O8. The molecule has 0 aliphatic carbocycles. The zero-order chi connectivity index (χ0) is 37.2. The Bertz CT molecular complexity index is 1680. The predicted octanol–water partition coefficient (Wildman–Crippen LogP) is 5.22. The van der Waals surface area contributed by atoms with Crippen molar-refractivity contribution >= 4 is 34.7 Å². The van der Waals surface area contributed by atoms with Crippen molar-refractivity contribution in [2.75, 3.05) is 26.4 Å². The number of aromatic nitrogens is 1. The van der Waals surface area contributed by atoms with Gasteiger partial charge in [0.25, 0.3) is 0 Å². The van der Waals surface area contributed by atoms with Crippen LogP contribution >= 0.6 is 0 Å². The van der Waals surface area contributed by atoms with Crippen LogP contribution in [0.5, 0.6) is 11.5 Å². The molecule has 3 heterocycles. The van der Waals surface area contributed by atoms with E-state index in [1.165, 1.54) is 4.90 Å². The number of amides is 4. The van der Waals surface area contributed by atoms with Crippen LogP contribution in [0.15, 0.2) is 48.7 Å². The van der Waals surface area contributed by atoms with Crippen LogP contribution in [-0.4, -0.2) is 94.4 Å². The molecule has 4 amide bonds. The van der Waals surface area contributed by atoms with Crippen molar-refractivity contribution < 1.29 is 38.5 Å². The van der Waals surface area contributed by atoms with Crippen molar-refractivity contribution in [2.24, 2.45) is 5.92 Å². The van der Waals surface area contributed by atoms with Crippen molar-refractivity contribution in [1.82, 2.24) is 25.4 Å². The summed E-state index contributed by atoms with van der Waals surface area (Å²) in [5.41, 5.74) is 2.45. The number of hydrogen-bond acceptors (Lipinski definition) is 7. The van der Waals surface area contributed by atoms with Gasteiger partial charge in [0.1, 0.15) is 18.1 Å². The first-order valence-corrected chi connectivity index (χ1v) is 18.5. The molecule has 0 saturated carbocycles. The van der Waals surface area contributed by atoms with Gasteiger partial charge in [0.05, 0.1) is 12.7 Å². The van der Waals surface area contributed by atoms with Gasteiger partial charge in [-0.1, -0.05) is 64.8 Å².